The lowest BCUT2D eigenvalue weighted by Crippen LogP contribution is -2.21. The molecule has 0 fully saturated rings. The van der Waals surface area contributed by atoms with Crippen LogP contribution >= 0.6 is 23.2 Å². The minimum atomic E-state index is 0.403. The first kappa shape index (κ1) is 11.6. The van der Waals surface area contributed by atoms with Crippen LogP contribution < -0.4 is 15.8 Å². The number of hydrogen-bond donors (Lipinski definition) is 2. The summed E-state index contributed by atoms with van der Waals surface area (Å²) in [6.45, 7) is 0.999. The van der Waals surface area contributed by atoms with Gasteiger partial charge in [-0.1, -0.05) is 29.3 Å². The van der Waals surface area contributed by atoms with Crippen LogP contribution in [0.2, 0.25) is 10.0 Å². The van der Waals surface area contributed by atoms with Gasteiger partial charge in [-0.3, -0.25) is 0 Å². The third-order valence-corrected chi connectivity index (χ3v) is 2.71. The second-order valence-corrected chi connectivity index (χ2v) is 3.44. The quantitative estimate of drug-likeness (QED) is 0.784. The third-order valence-electron chi connectivity index (χ3n) is 1.81. The Kier molecular flexibility index (Phi) is 4.48. The molecule has 3 nitrogen and oxygen atoms in total. The Morgan fingerprint density at radius 3 is 2.64 bits per heavy atom. The van der Waals surface area contributed by atoms with Crippen LogP contribution in [0.1, 0.15) is 5.56 Å². The van der Waals surface area contributed by atoms with Crippen LogP contribution in [-0.2, 0) is 6.54 Å². The molecule has 5 heteroatoms. The second-order valence-electron chi connectivity index (χ2n) is 2.69. The van der Waals surface area contributed by atoms with E-state index in [1.165, 1.54) is 0 Å². The van der Waals surface area contributed by atoms with E-state index in [0.717, 1.165) is 5.56 Å². The average molecular weight is 235 g/mol. The zero-order chi connectivity index (χ0) is 10.6. The molecule has 0 radical (unpaired) electrons. The van der Waals surface area contributed by atoms with E-state index in [2.05, 4.69) is 5.32 Å². The zero-order valence-electron chi connectivity index (χ0n) is 7.81. The van der Waals surface area contributed by atoms with Crippen LogP contribution in [-0.4, -0.2) is 13.8 Å². The predicted octanol–water partition coefficient (Wildman–Crippen LogP) is 2.01. The standard InChI is InChI=1S/C9H12Cl2N2O/c1-14-7-3-2-6(4-13-5-12)8(10)9(7)11/h2-3,13H,4-5,12H2,1H3. The van der Waals surface area contributed by atoms with E-state index in [1.54, 1.807) is 13.2 Å². The molecule has 0 heterocycles. The Morgan fingerprint density at radius 1 is 1.36 bits per heavy atom. The van der Waals surface area contributed by atoms with Gasteiger partial charge < -0.3 is 15.8 Å². The highest BCUT2D eigenvalue weighted by Gasteiger charge is 2.09. The topological polar surface area (TPSA) is 47.3 Å². The van der Waals surface area contributed by atoms with Crippen molar-refractivity contribution in [2.75, 3.05) is 13.8 Å². The number of rotatable bonds is 4. The molecule has 0 bridgehead atoms. The third kappa shape index (κ3) is 2.51. The molecular weight excluding hydrogens is 223 g/mol. The van der Waals surface area contributed by atoms with Crippen molar-refractivity contribution in [2.45, 2.75) is 6.54 Å². The first-order chi connectivity index (χ1) is 6.70. The fourth-order valence-corrected chi connectivity index (χ4v) is 1.56. The Bertz CT molecular complexity index is 318. The van der Waals surface area contributed by atoms with Gasteiger partial charge in [0.05, 0.1) is 12.1 Å². The largest absolute Gasteiger partial charge is 0.495 e. The molecule has 0 atom stereocenters. The van der Waals surface area contributed by atoms with E-state index in [4.69, 9.17) is 33.7 Å². The summed E-state index contributed by atoms with van der Waals surface area (Å²) in [7, 11) is 1.55. The fraction of sp³-hybridized carbons (Fsp3) is 0.333. The second kappa shape index (κ2) is 5.41. The number of ether oxygens (including phenoxy) is 1. The number of halogens is 2. The maximum atomic E-state index is 6.02. The zero-order valence-corrected chi connectivity index (χ0v) is 9.32. The lowest BCUT2D eigenvalue weighted by molar-refractivity contribution is 0.415. The summed E-state index contributed by atoms with van der Waals surface area (Å²) >= 11 is 12.0. The van der Waals surface area contributed by atoms with Gasteiger partial charge >= 0.3 is 0 Å². The van der Waals surface area contributed by atoms with E-state index in [0.29, 0.717) is 29.0 Å². The molecule has 14 heavy (non-hydrogen) atoms. The summed E-state index contributed by atoms with van der Waals surface area (Å²) in [5, 5.41) is 3.91. The first-order valence-electron chi connectivity index (χ1n) is 4.12. The Morgan fingerprint density at radius 2 is 2.07 bits per heavy atom. The minimum Gasteiger partial charge on any atom is -0.495 e. The molecule has 0 unspecified atom stereocenters. The molecule has 0 spiro atoms. The average Bonchev–Trinajstić information content (AvgIpc) is 2.20. The van der Waals surface area contributed by atoms with Gasteiger partial charge in [0.2, 0.25) is 0 Å². The molecule has 1 aromatic rings. The molecule has 0 aliphatic heterocycles. The highest BCUT2D eigenvalue weighted by molar-refractivity contribution is 6.43. The van der Waals surface area contributed by atoms with Crippen molar-refractivity contribution in [3.05, 3.63) is 27.7 Å². The van der Waals surface area contributed by atoms with Crippen LogP contribution in [0.4, 0.5) is 0 Å². The fourth-order valence-electron chi connectivity index (χ4n) is 1.07. The maximum Gasteiger partial charge on any atom is 0.138 e. The van der Waals surface area contributed by atoms with Gasteiger partial charge in [0.25, 0.3) is 0 Å². The van der Waals surface area contributed by atoms with Gasteiger partial charge in [0.1, 0.15) is 10.8 Å². The van der Waals surface area contributed by atoms with Gasteiger partial charge in [-0.05, 0) is 11.6 Å². The van der Waals surface area contributed by atoms with Crippen LogP contribution in [0.3, 0.4) is 0 Å². The Hall–Kier alpha value is -0.480. The number of nitrogens with two attached hydrogens (primary N) is 1. The molecule has 0 amide bonds. The molecule has 0 aliphatic rings. The van der Waals surface area contributed by atoms with Crippen molar-refractivity contribution in [1.29, 1.82) is 0 Å². The molecule has 3 N–H and O–H groups in total. The SMILES string of the molecule is COc1ccc(CNCN)c(Cl)c1Cl. The van der Waals surface area contributed by atoms with Gasteiger partial charge in [0, 0.05) is 13.2 Å². The Balaban J connectivity index is 2.92. The Labute approximate surface area is 93.1 Å². The molecule has 0 saturated heterocycles. The van der Waals surface area contributed by atoms with Crippen molar-refractivity contribution in [3.63, 3.8) is 0 Å². The van der Waals surface area contributed by atoms with Crippen LogP contribution in [0.5, 0.6) is 5.75 Å². The number of nitrogens with one attached hydrogen (secondary N) is 1. The molecule has 0 saturated carbocycles. The molecule has 1 aromatic carbocycles. The van der Waals surface area contributed by atoms with Gasteiger partial charge in [-0.15, -0.1) is 0 Å². The van der Waals surface area contributed by atoms with Crippen molar-refractivity contribution in [1.82, 2.24) is 5.32 Å². The van der Waals surface area contributed by atoms with Gasteiger partial charge in [-0.2, -0.15) is 0 Å². The highest BCUT2D eigenvalue weighted by Crippen LogP contribution is 2.34. The van der Waals surface area contributed by atoms with Gasteiger partial charge in [0.15, 0.2) is 0 Å². The van der Waals surface area contributed by atoms with Crippen molar-refractivity contribution >= 4 is 23.2 Å². The summed E-state index contributed by atoms with van der Waals surface area (Å²) < 4.78 is 5.02. The van der Waals surface area contributed by atoms with Gasteiger partial charge in [-0.25, -0.2) is 0 Å². The summed E-state index contributed by atoms with van der Waals surface area (Å²) in [4.78, 5) is 0. The van der Waals surface area contributed by atoms with E-state index < -0.39 is 0 Å². The van der Waals surface area contributed by atoms with Crippen LogP contribution in [0.15, 0.2) is 12.1 Å². The van der Waals surface area contributed by atoms with E-state index in [9.17, 15) is 0 Å². The lowest BCUT2D eigenvalue weighted by atomic mass is 10.2. The van der Waals surface area contributed by atoms with Crippen molar-refractivity contribution in [2.24, 2.45) is 5.73 Å². The first-order valence-corrected chi connectivity index (χ1v) is 4.88. The van der Waals surface area contributed by atoms with E-state index in [-0.39, 0.29) is 0 Å². The molecule has 0 aromatic heterocycles. The maximum absolute atomic E-state index is 6.02. The monoisotopic (exact) mass is 234 g/mol. The van der Waals surface area contributed by atoms with E-state index >= 15 is 0 Å². The number of hydrogen-bond acceptors (Lipinski definition) is 3. The number of benzene rings is 1. The minimum absolute atomic E-state index is 0.403. The van der Waals surface area contributed by atoms with Crippen LogP contribution in [0, 0.1) is 0 Å². The molecule has 1 rings (SSSR count). The summed E-state index contributed by atoms with van der Waals surface area (Å²) in [6.07, 6.45) is 0. The van der Waals surface area contributed by atoms with Crippen molar-refractivity contribution < 1.29 is 4.74 Å². The molecule has 0 aliphatic carbocycles. The molecular formula is C9H12Cl2N2O. The summed E-state index contributed by atoms with van der Waals surface area (Å²) in [5.74, 6) is 0.577. The smallest absolute Gasteiger partial charge is 0.138 e. The van der Waals surface area contributed by atoms with Crippen LogP contribution in [0.25, 0.3) is 0 Å². The summed E-state index contributed by atoms with van der Waals surface area (Å²) in [6, 6.07) is 3.64. The predicted molar refractivity (Wildman–Crippen MR) is 58.9 cm³/mol. The number of methoxy groups -OCH3 is 1. The normalized spacial score (nSPS) is 10.3. The highest BCUT2D eigenvalue weighted by atomic mass is 35.5. The summed E-state index contributed by atoms with van der Waals surface area (Å²) in [5.41, 5.74) is 6.21. The lowest BCUT2D eigenvalue weighted by Gasteiger charge is -2.09. The van der Waals surface area contributed by atoms with E-state index in [1.807, 2.05) is 6.07 Å². The molecule has 78 valence electrons. The van der Waals surface area contributed by atoms with Crippen molar-refractivity contribution in [3.8, 4) is 5.75 Å².